The second-order valence-corrected chi connectivity index (χ2v) is 8.59. The van der Waals surface area contributed by atoms with Crippen LogP contribution >= 0.6 is 0 Å². The van der Waals surface area contributed by atoms with Crippen molar-refractivity contribution in [1.82, 2.24) is 14.4 Å². The van der Waals surface area contributed by atoms with Gasteiger partial charge < -0.3 is 9.47 Å². The number of alkyl halides is 2. The number of nitriles is 1. The molecule has 1 aliphatic carbocycles. The highest BCUT2D eigenvalue weighted by molar-refractivity contribution is 7.92. The molecule has 32 heavy (non-hydrogen) atoms. The summed E-state index contributed by atoms with van der Waals surface area (Å²) in [4.78, 5) is 7.70. The quantitative estimate of drug-likeness (QED) is 0.541. The summed E-state index contributed by atoms with van der Waals surface area (Å²) in [6.07, 6.45) is 1.63. The summed E-state index contributed by atoms with van der Waals surface area (Å²) in [5, 5.41) is 9.25. The highest BCUT2D eigenvalue weighted by Gasteiger charge is 2.30. The number of hydrogen-bond donors (Lipinski definition) is 1. The Balaban J connectivity index is 1.70. The van der Waals surface area contributed by atoms with Gasteiger partial charge in [0, 0.05) is 12.3 Å². The molecule has 3 aromatic rings. The average Bonchev–Trinajstić information content (AvgIpc) is 3.49. The zero-order chi connectivity index (χ0) is 23.0. The molecule has 0 atom stereocenters. The van der Waals surface area contributed by atoms with Crippen molar-refractivity contribution in [1.29, 1.82) is 5.26 Å². The highest BCUT2D eigenvalue weighted by Crippen LogP contribution is 2.42. The molecule has 0 aromatic carbocycles. The summed E-state index contributed by atoms with van der Waals surface area (Å²) in [6, 6.07) is 4.47. The van der Waals surface area contributed by atoms with Gasteiger partial charge in [-0.3, -0.25) is 9.12 Å². The van der Waals surface area contributed by atoms with Crippen LogP contribution in [-0.2, 0) is 10.0 Å². The van der Waals surface area contributed by atoms with Crippen molar-refractivity contribution in [3.63, 3.8) is 0 Å². The maximum absolute atomic E-state index is 14.2. The van der Waals surface area contributed by atoms with E-state index < -0.39 is 34.8 Å². The summed E-state index contributed by atoms with van der Waals surface area (Å²) >= 11 is 0. The number of methoxy groups -OCH3 is 1. The van der Waals surface area contributed by atoms with E-state index in [2.05, 4.69) is 25.5 Å². The minimum Gasteiger partial charge on any atom is -0.479 e. The fourth-order valence-corrected chi connectivity index (χ4v) is 4.35. The summed E-state index contributed by atoms with van der Waals surface area (Å²) in [5.41, 5.74) is 0.917. The molecule has 0 radical (unpaired) electrons. The maximum Gasteiger partial charge on any atom is 0.279 e. The molecular weight excluding hydrogens is 451 g/mol. The van der Waals surface area contributed by atoms with Crippen molar-refractivity contribution in [2.45, 2.75) is 30.2 Å². The molecular formula is C19H16F3N5O4S. The molecule has 1 saturated carbocycles. The van der Waals surface area contributed by atoms with Crippen molar-refractivity contribution in [2.75, 3.05) is 18.4 Å². The number of fused-ring (bicyclic) bond motifs is 1. The van der Waals surface area contributed by atoms with Gasteiger partial charge in [-0.05, 0) is 30.4 Å². The monoisotopic (exact) mass is 467 g/mol. The lowest BCUT2D eigenvalue weighted by Crippen LogP contribution is -2.17. The summed E-state index contributed by atoms with van der Waals surface area (Å²) in [5.74, 6) is -2.05. The van der Waals surface area contributed by atoms with Gasteiger partial charge in [0.2, 0.25) is 5.88 Å². The molecule has 1 aliphatic rings. The molecule has 1 N–H and O–H groups in total. The number of halogens is 3. The van der Waals surface area contributed by atoms with E-state index in [4.69, 9.17) is 4.74 Å². The molecule has 0 spiro atoms. The Kier molecular flexibility index (Phi) is 5.55. The van der Waals surface area contributed by atoms with E-state index in [9.17, 15) is 26.9 Å². The Hall–Kier alpha value is -3.53. The van der Waals surface area contributed by atoms with Crippen LogP contribution in [0.25, 0.3) is 5.65 Å². The van der Waals surface area contributed by atoms with Crippen molar-refractivity contribution in [2.24, 2.45) is 0 Å². The van der Waals surface area contributed by atoms with Gasteiger partial charge in [0.1, 0.15) is 11.8 Å². The third kappa shape index (κ3) is 4.01. The van der Waals surface area contributed by atoms with Gasteiger partial charge in [0.25, 0.3) is 22.3 Å². The Labute approximate surface area is 180 Å². The largest absolute Gasteiger partial charge is 0.479 e. The summed E-state index contributed by atoms with van der Waals surface area (Å²) in [6.45, 7) is -1.09. The van der Waals surface area contributed by atoms with Gasteiger partial charge >= 0.3 is 0 Å². The van der Waals surface area contributed by atoms with E-state index in [1.54, 1.807) is 6.07 Å². The van der Waals surface area contributed by atoms with Crippen LogP contribution in [0.4, 0.5) is 18.9 Å². The zero-order valence-electron chi connectivity index (χ0n) is 16.5. The third-order valence-corrected chi connectivity index (χ3v) is 6.12. The second-order valence-electron chi connectivity index (χ2n) is 6.96. The maximum atomic E-state index is 14.2. The summed E-state index contributed by atoms with van der Waals surface area (Å²) in [7, 11) is -3.19. The Morgan fingerprint density at radius 3 is 2.75 bits per heavy atom. The van der Waals surface area contributed by atoms with Gasteiger partial charge in [-0.1, -0.05) is 0 Å². The van der Waals surface area contributed by atoms with E-state index >= 15 is 0 Å². The molecule has 0 bridgehead atoms. The van der Waals surface area contributed by atoms with Crippen LogP contribution in [0.3, 0.4) is 0 Å². The number of anilines is 1. The molecule has 3 aromatic heterocycles. The van der Waals surface area contributed by atoms with E-state index in [0.29, 0.717) is 11.6 Å². The topological polar surface area (TPSA) is 119 Å². The van der Waals surface area contributed by atoms with Gasteiger partial charge in [-0.15, -0.1) is 0 Å². The number of ether oxygens (including phenoxy) is 2. The number of rotatable bonds is 8. The van der Waals surface area contributed by atoms with Crippen LogP contribution in [-0.4, -0.2) is 42.9 Å². The fraction of sp³-hybridized carbons (Fsp3) is 0.316. The number of hydrogen-bond acceptors (Lipinski definition) is 7. The van der Waals surface area contributed by atoms with Crippen LogP contribution in [0.15, 0.2) is 29.6 Å². The number of aromatic nitrogens is 3. The normalized spacial score (nSPS) is 13.9. The predicted octanol–water partition coefficient (Wildman–Crippen LogP) is 3.07. The molecule has 0 aliphatic heterocycles. The molecule has 0 saturated heterocycles. The highest BCUT2D eigenvalue weighted by atomic mass is 32.2. The lowest BCUT2D eigenvalue weighted by Gasteiger charge is -2.13. The predicted molar refractivity (Wildman–Crippen MR) is 105 cm³/mol. The summed E-state index contributed by atoms with van der Waals surface area (Å²) < 4.78 is 77.8. The lowest BCUT2D eigenvalue weighted by molar-refractivity contribution is 0.0770. The molecule has 1 fully saturated rings. The molecule has 168 valence electrons. The number of nitrogens with one attached hydrogen (secondary N) is 1. The fourth-order valence-electron chi connectivity index (χ4n) is 3.21. The molecule has 4 rings (SSSR count). The Bertz CT molecular complexity index is 1330. The number of imidazole rings is 1. The van der Waals surface area contributed by atoms with Crippen molar-refractivity contribution < 1.29 is 31.1 Å². The molecule has 0 unspecified atom stereocenters. The lowest BCUT2D eigenvalue weighted by atomic mass is 10.1. The Morgan fingerprint density at radius 2 is 2.12 bits per heavy atom. The van der Waals surface area contributed by atoms with Gasteiger partial charge in [-0.2, -0.15) is 18.7 Å². The zero-order valence-corrected chi connectivity index (χ0v) is 17.4. The number of pyridine rings is 2. The third-order valence-electron chi connectivity index (χ3n) is 4.78. The van der Waals surface area contributed by atoms with Gasteiger partial charge in [0.05, 0.1) is 18.9 Å². The van der Waals surface area contributed by atoms with E-state index in [0.717, 1.165) is 31.7 Å². The van der Waals surface area contributed by atoms with Crippen molar-refractivity contribution in [3.8, 4) is 17.8 Å². The van der Waals surface area contributed by atoms with Crippen LogP contribution in [0.2, 0.25) is 0 Å². The first-order chi connectivity index (χ1) is 15.2. The van der Waals surface area contributed by atoms with E-state index in [-0.39, 0.29) is 28.2 Å². The second kappa shape index (κ2) is 8.19. The van der Waals surface area contributed by atoms with E-state index in [1.165, 1.54) is 10.6 Å². The standard InChI is InChI=1S/C19H16F3N5O4S/c1-30-19-14(6-13(20)18(25-19)31-9-15(21)22)26-32(28,29)16-8-24-17-12(7-23)11(10-2-3-10)4-5-27(16)17/h4-6,8,10,15,26H,2-3,9H2,1H3. The first-order valence-electron chi connectivity index (χ1n) is 9.33. The molecule has 9 nitrogen and oxygen atoms in total. The van der Waals surface area contributed by atoms with E-state index in [1.807, 2.05) is 0 Å². The molecule has 0 amide bonds. The minimum absolute atomic E-state index is 0.185. The van der Waals surface area contributed by atoms with Crippen LogP contribution in [0, 0.1) is 17.1 Å². The van der Waals surface area contributed by atoms with Crippen molar-refractivity contribution >= 4 is 21.4 Å². The van der Waals surface area contributed by atoms with Gasteiger partial charge in [0.15, 0.2) is 23.1 Å². The van der Waals surface area contributed by atoms with Crippen LogP contribution < -0.4 is 14.2 Å². The minimum atomic E-state index is -4.33. The molecule has 3 heterocycles. The Morgan fingerprint density at radius 1 is 1.38 bits per heavy atom. The first kappa shape index (κ1) is 21.7. The smallest absolute Gasteiger partial charge is 0.279 e. The van der Waals surface area contributed by atoms with Gasteiger partial charge in [-0.25, -0.2) is 18.2 Å². The number of nitrogens with zero attached hydrogens (tertiary/aromatic N) is 4. The average molecular weight is 467 g/mol. The SMILES string of the molecule is COc1nc(OCC(F)F)c(F)cc1NS(=O)(=O)c1cnc2c(C#N)c(C3CC3)ccn12. The van der Waals surface area contributed by atoms with Crippen molar-refractivity contribution in [3.05, 3.63) is 41.5 Å². The first-order valence-corrected chi connectivity index (χ1v) is 10.8. The van der Waals surface area contributed by atoms with Crippen LogP contribution in [0.5, 0.6) is 11.8 Å². The number of sulfonamides is 1. The molecule has 13 heteroatoms. The van der Waals surface area contributed by atoms with Crippen LogP contribution in [0.1, 0.15) is 29.9 Å².